The van der Waals surface area contributed by atoms with Crippen molar-refractivity contribution in [3.05, 3.63) is 0 Å². The summed E-state index contributed by atoms with van der Waals surface area (Å²) in [5.41, 5.74) is 5.31. The van der Waals surface area contributed by atoms with Gasteiger partial charge in [0.15, 0.2) is 0 Å². The molecule has 0 atom stereocenters. The largest absolute Gasteiger partial charge is 0.388 e. The van der Waals surface area contributed by atoms with E-state index >= 15 is 0 Å². The Morgan fingerprint density at radius 2 is 1.35 bits per heavy atom. The van der Waals surface area contributed by atoms with Crippen molar-refractivity contribution in [2.75, 3.05) is 6.54 Å². The molecule has 1 amide bonds. The summed E-state index contributed by atoms with van der Waals surface area (Å²) < 4.78 is 0. The van der Waals surface area contributed by atoms with Crippen LogP contribution in [0.1, 0.15) is 84.0 Å². The Bertz CT molecular complexity index is 254. The number of carbonyl (C=O) groups is 1. The van der Waals surface area contributed by atoms with Crippen molar-refractivity contribution in [2.24, 2.45) is 5.73 Å². The first kappa shape index (κ1) is 18.9. The topological polar surface area (TPSA) is 79.0 Å². The summed E-state index contributed by atoms with van der Waals surface area (Å²) in [5, 5.41) is 10.0. The standard InChI is InChI=1S/C16H33N3O/c1-2-16(20)19-14-12-10-8-6-4-3-5-7-9-11-13-15(17)18/h2-14H2,1H3,(H3,17,18)(H,19,20). The highest BCUT2D eigenvalue weighted by molar-refractivity contribution is 5.76. The van der Waals surface area contributed by atoms with E-state index in [2.05, 4.69) is 5.32 Å². The van der Waals surface area contributed by atoms with Gasteiger partial charge in [-0.15, -0.1) is 0 Å². The summed E-state index contributed by atoms with van der Waals surface area (Å²) in [7, 11) is 0. The lowest BCUT2D eigenvalue weighted by atomic mass is 10.1. The fraction of sp³-hybridized carbons (Fsp3) is 0.875. The normalized spacial score (nSPS) is 10.4. The molecule has 0 aromatic heterocycles. The van der Waals surface area contributed by atoms with Crippen LogP contribution in [0.15, 0.2) is 0 Å². The second-order valence-corrected chi connectivity index (χ2v) is 5.51. The first-order chi connectivity index (χ1) is 9.66. The molecule has 4 heteroatoms. The molecule has 0 aromatic carbocycles. The Morgan fingerprint density at radius 3 is 1.80 bits per heavy atom. The van der Waals surface area contributed by atoms with E-state index in [4.69, 9.17) is 11.1 Å². The maximum Gasteiger partial charge on any atom is 0.219 e. The van der Waals surface area contributed by atoms with E-state index in [0.717, 1.165) is 25.8 Å². The minimum absolute atomic E-state index is 0.162. The molecule has 0 radical (unpaired) electrons. The zero-order chi connectivity index (χ0) is 15.1. The second kappa shape index (κ2) is 14.4. The number of carbonyl (C=O) groups excluding carboxylic acids is 1. The third kappa shape index (κ3) is 15.0. The molecule has 0 aliphatic rings. The summed E-state index contributed by atoms with van der Waals surface area (Å²) in [6.07, 6.45) is 13.8. The van der Waals surface area contributed by atoms with Crippen LogP contribution >= 0.6 is 0 Å². The van der Waals surface area contributed by atoms with E-state index in [1.54, 1.807) is 0 Å². The van der Waals surface area contributed by atoms with Crippen LogP contribution in [0.3, 0.4) is 0 Å². The van der Waals surface area contributed by atoms with Crippen molar-refractivity contribution >= 4 is 11.7 Å². The molecule has 0 spiro atoms. The molecule has 0 fully saturated rings. The maximum atomic E-state index is 11.0. The smallest absolute Gasteiger partial charge is 0.219 e. The van der Waals surface area contributed by atoms with Gasteiger partial charge in [-0.05, 0) is 12.8 Å². The lowest BCUT2D eigenvalue weighted by molar-refractivity contribution is -0.120. The molecule has 0 unspecified atom stereocenters. The van der Waals surface area contributed by atoms with Crippen molar-refractivity contribution in [1.82, 2.24) is 5.32 Å². The van der Waals surface area contributed by atoms with Crippen LogP contribution in [-0.4, -0.2) is 18.3 Å². The van der Waals surface area contributed by atoms with E-state index in [0.29, 0.717) is 12.3 Å². The summed E-state index contributed by atoms with van der Waals surface area (Å²) >= 11 is 0. The van der Waals surface area contributed by atoms with Crippen molar-refractivity contribution < 1.29 is 4.79 Å². The average Bonchev–Trinajstić information content (AvgIpc) is 2.43. The summed E-state index contributed by atoms with van der Waals surface area (Å²) in [5.74, 6) is 0.481. The van der Waals surface area contributed by atoms with E-state index in [9.17, 15) is 4.79 Å². The van der Waals surface area contributed by atoms with Gasteiger partial charge in [-0.2, -0.15) is 0 Å². The van der Waals surface area contributed by atoms with Crippen molar-refractivity contribution in [3.63, 3.8) is 0 Å². The highest BCUT2D eigenvalue weighted by Gasteiger charge is 1.96. The Labute approximate surface area is 124 Å². The Kier molecular flexibility index (Phi) is 13.6. The highest BCUT2D eigenvalue weighted by atomic mass is 16.1. The third-order valence-electron chi connectivity index (χ3n) is 3.52. The lowest BCUT2D eigenvalue weighted by Gasteiger charge is -2.04. The van der Waals surface area contributed by atoms with Crippen LogP contribution in [0, 0.1) is 5.41 Å². The Morgan fingerprint density at radius 1 is 0.900 bits per heavy atom. The molecular formula is C16H33N3O. The molecule has 0 heterocycles. The molecule has 0 rings (SSSR count). The first-order valence-corrected chi connectivity index (χ1v) is 8.26. The van der Waals surface area contributed by atoms with E-state index < -0.39 is 0 Å². The van der Waals surface area contributed by atoms with Crippen molar-refractivity contribution in [3.8, 4) is 0 Å². The molecular weight excluding hydrogens is 250 g/mol. The molecule has 0 aliphatic heterocycles. The van der Waals surface area contributed by atoms with Gasteiger partial charge in [0.1, 0.15) is 0 Å². The van der Waals surface area contributed by atoms with Crippen LogP contribution in [0.25, 0.3) is 0 Å². The Hall–Kier alpha value is -1.06. The summed E-state index contributed by atoms with van der Waals surface area (Å²) in [6, 6.07) is 0. The molecule has 20 heavy (non-hydrogen) atoms. The molecule has 118 valence electrons. The second-order valence-electron chi connectivity index (χ2n) is 5.51. The van der Waals surface area contributed by atoms with Crippen molar-refractivity contribution in [2.45, 2.75) is 84.0 Å². The van der Waals surface area contributed by atoms with E-state index in [1.807, 2.05) is 6.92 Å². The molecule has 0 aliphatic carbocycles. The van der Waals surface area contributed by atoms with Gasteiger partial charge < -0.3 is 11.1 Å². The first-order valence-electron chi connectivity index (χ1n) is 8.26. The fourth-order valence-electron chi connectivity index (χ4n) is 2.21. The van der Waals surface area contributed by atoms with Crippen LogP contribution in [0.4, 0.5) is 0 Å². The molecule has 4 N–H and O–H groups in total. The minimum Gasteiger partial charge on any atom is -0.388 e. The number of nitrogens with one attached hydrogen (secondary N) is 2. The van der Waals surface area contributed by atoms with Crippen LogP contribution < -0.4 is 11.1 Å². The summed E-state index contributed by atoms with van der Waals surface area (Å²) in [6.45, 7) is 2.72. The number of hydrogen-bond acceptors (Lipinski definition) is 2. The van der Waals surface area contributed by atoms with Gasteiger partial charge in [-0.25, -0.2) is 0 Å². The average molecular weight is 283 g/mol. The lowest BCUT2D eigenvalue weighted by Crippen LogP contribution is -2.23. The van der Waals surface area contributed by atoms with Gasteiger partial charge in [0.05, 0.1) is 5.84 Å². The van der Waals surface area contributed by atoms with Crippen LogP contribution in [-0.2, 0) is 4.79 Å². The van der Waals surface area contributed by atoms with Crippen LogP contribution in [0.2, 0.25) is 0 Å². The van der Waals surface area contributed by atoms with E-state index in [1.165, 1.54) is 51.4 Å². The number of rotatable bonds is 14. The molecule has 0 saturated carbocycles. The predicted octanol–water partition coefficient (Wildman–Crippen LogP) is 3.74. The van der Waals surface area contributed by atoms with Gasteiger partial charge in [0.2, 0.25) is 5.91 Å². The molecule has 0 aromatic rings. The number of hydrogen-bond donors (Lipinski definition) is 3. The number of amides is 1. The zero-order valence-corrected chi connectivity index (χ0v) is 13.2. The molecule has 4 nitrogen and oxygen atoms in total. The molecule has 0 saturated heterocycles. The minimum atomic E-state index is 0.162. The SMILES string of the molecule is CCC(=O)NCCCCCCCCCCCCC(=N)N. The summed E-state index contributed by atoms with van der Waals surface area (Å²) in [4.78, 5) is 11.0. The quantitative estimate of drug-likeness (QED) is 0.258. The zero-order valence-electron chi connectivity index (χ0n) is 13.2. The van der Waals surface area contributed by atoms with Gasteiger partial charge in [0, 0.05) is 19.4 Å². The molecule has 0 bridgehead atoms. The van der Waals surface area contributed by atoms with Crippen LogP contribution in [0.5, 0.6) is 0 Å². The predicted molar refractivity (Wildman–Crippen MR) is 86.0 cm³/mol. The fourth-order valence-corrected chi connectivity index (χ4v) is 2.21. The number of nitrogens with two attached hydrogens (primary N) is 1. The highest BCUT2D eigenvalue weighted by Crippen LogP contribution is 2.11. The third-order valence-corrected chi connectivity index (χ3v) is 3.52. The Balaban J connectivity index is 3.03. The number of amidine groups is 1. The van der Waals surface area contributed by atoms with E-state index in [-0.39, 0.29) is 5.91 Å². The number of unbranched alkanes of at least 4 members (excludes halogenated alkanes) is 9. The van der Waals surface area contributed by atoms with Gasteiger partial charge in [0.25, 0.3) is 0 Å². The monoisotopic (exact) mass is 283 g/mol. The maximum absolute atomic E-state index is 11.0. The van der Waals surface area contributed by atoms with Gasteiger partial charge >= 0.3 is 0 Å². The van der Waals surface area contributed by atoms with Gasteiger partial charge in [-0.1, -0.05) is 58.3 Å². The van der Waals surface area contributed by atoms with Crippen molar-refractivity contribution in [1.29, 1.82) is 5.41 Å². The van der Waals surface area contributed by atoms with Gasteiger partial charge in [-0.3, -0.25) is 10.2 Å².